The maximum atomic E-state index is 12.3. The van der Waals surface area contributed by atoms with Crippen LogP contribution in [0.2, 0.25) is 0 Å². The Balaban J connectivity index is 2.00. The van der Waals surface area contributed by atoms with E-state index in [4.69, 9.17) is 0 Å². The quantitative estimate of drug-likeness (QED) is 0.787. The van der Waals surface area contributed by atoms with Crippen molar-refractivity contribution in [3.63, 3.8) is 0 Å². The topological polar surface area (TPSA) is 46.1 Å². The molecule has 112 valence electrons. The van der Waals surface area contributed by atoms with Crippen LogP contribution < -0.4 is 0 Å². The summed E-state index contributed by atoms with van der Waals surface area (Å²) in [6, 6.07) is 3.87. The summed E-state index contributed by atoms with van der Waals surface area (Å²) in [5.41, 5.74) is 1.90. The molecule has 4 nitrogen and oxygen atoms in total. The highest BCUT2D eigenvalue weighted by Gasteiger charge is 2.14. The highest BCUT2D eigenvalue weighted by molar-refractivity contribution is 7.13. The van der Waals surface area contributed by atoms with Gasteiger partial charge in [-0.1, -0.05) is 13.3 Å². The molecule has 0 saturated carbocycles. The van der Waals surface area contributed by atoms with Crippen LogP contribution in [0.3, 0.4) is 0 Å². The van der Waals surface area contributed by atoms with Crippen molar-refractivity contribution in [2.45, 2.75) is 33.1 Å². The second kappa shape index (κ2) is 7.88. The van der Waals surface area contributed by atoms with Crippen LogP contribution >= 0.6 is 11.3 Å². The Morgan fingerprint density at radius 3 is 2.71 bits per heavy atom. The average Bonchev–Trinajstić information content (AvgIpc) is 2.97. The SMILES string of the molecule is CCCCN(CC)C(=O)Cc1csc(-c2ccncc2)n1. The van der Waals surface area contributed by atoms with Crippen molar-refractivity contribution in [2.75, 3.05) is 13.1 Å². The van der Waals surface area contributed by atoms with Gasteiger partial charge in [0.1, 0.15) is 5.01 Å². The largest absolute Gasteiger partial charge is 0.343 e. The molecule has 0 bridgehead atoms. The van der Waals surface area contributed by atoms with Crippen molar-refractivity contribution >= 4 is 17.2 Å². The summed E-state index contributed by atoms with van der Waals surface area (Å²) >= 11 is 1.57. The van der Waals surface area contributed by atoms with Crippen molar-refractivity contribution < 1.29 is 4.79 Å². The Kier molecular flexibility index (Phi) is 5.87. The van der Waals surface area contributed by atoms with Gasteiger partial charge in [-0.3, -0.25) is 9.78 Å². The highest BCUT2D eigenvalue weighted by Crippen LogP contribution is 2.23. The minimum Gasteiger partial charge on any atom is -0.343 e. The molecule has 0 aliphatic carbocycles. The lowest BCUT2D eigenvalue weighted by Crippen LogP contribution is -2.33. The molecule has 0 fully saturated rings. The van der Waals surface area contributed by atoms with Crippen LogP contribution in [0.5, 0.6) is 0 Å². The van der Waals surface area contributed by atoms with E-state index in [0.717, 1.165) is 42.2 Å². The number of nitrogens with zero attached hydrogens (tertiary/aromatic N) is 3. The van der Waals surface area contributed by atoms with Gasteiger partial charge in [-0.2, -0.15) is 0 Å². The molecule has 0 saturated heterocycles. The molecule has 2 aromatic heterocycles. The molecular formula is C16H21N3OS. The van der Waals surface area contributed by atoms with Crippen LogP contribution in [-0.4, -0.2) is 33.9 Å². The van der Waals surface area contributed by atoms with Crippen LogP contribution in [0, 0.1) is 0 Å². The molecule has 5 heteroatoms. The van der Waals surface area contributed by atoms with E-state index >= 15 is 0 Å². The van der Waals surface area contributed by atoms with E-state index in [9.17, 15) is 4.79 Å². The lowest BCUT2D eigenvalue weighted by molar-refractivity contribution is -0.130. The number of likely N-dealkylation sites (N-methyl/N-ethyl adjacent to an activating group) is 1. The first-order chi connectivity index (χ1) is 10.2. The zero-order valence-electron chi connectivity index (χ0n) is 12.6. The first-order valence-electron chi connectivity index (χ1n) is 7.37. The normalized spacial score (nSPS) is 10.6. The molecule has 0 aliphatic rings. The zero-order valence-corrected chi connectivity index (χ0v) is 13.4. The van der Waals surface area contributed by atoms with E-state index in [2.05, 4.69) is 16.9 Å². The number of amides is 1. The molecule has 0 radical (unpaired) electrons. The summed E-state index contributed by atoms with van der Waals surface area (Å²) < 4.78 is 0. The summed E-state index contributed by atoms with van der Waals surface area (Å²) in [6.45, 7) is 5.77. The number of rotatable bonds is 7. The smallest absolute Gasteiger partial charge is 0.228 e. The van der Waals surface area contributed by atoms with E-state index in [1.807, 2.05) is 29.3 Å². The van der Waals surface area contributed by atoms with Gasteiger partial charge in [-0.25, -0.2) is 4.98 Å². The van der Waals surface area contributed by atoms with Gasteiger partial charge in [0, 0.05) is 36.4 Å². The molecule has 1 amide bonds. The van der Waals surface area contributed by atoms with E-state index in [1.54, 1.807) is 23.7 Å². The fourth-order valence-corrected chi connectivity index (χ4v) is 2.92. The average molecular weight is 303 g/mol. The molecule has 21 heavy (non-hydrogen) atoms. The zero-order chi connectivity index (χ0) is 15.1. The lowest BCUT2D eigenvalue weighted by Gasteiger charge is -2.20. The van der Waals surface area contributed by atoms with Crippen molar-refractivity contribution in [1.29, 1.82) is 0 Å². The second-order valence-electron chi connectivity index (χ2n) is 4.88. The monoisotopic (exact) mass is 303 g/mol. The molecule has 2 heterocycles. The van der Waals surface area contributed by atoms with E-state index < -0.39 is 0 Å². The molecule has 0 aliphatic heterocycles. The molecule has 0 spiro atoms. The Labute approximate surface area is 129 Å². The van der Waals surface area contributed by atoms with Crippen LogP contribution in [-0.2, 0) is 11.2 Å². The minimum absolute atomic E-state index is 0.164. The minimum atomic E-state index is 0.164. The molecule has 2 rings (SSSR count). The van der Waals surface area contributed by atoms with Gasteiger partial charge in [-0.15, -0.1) is 11.3 Å². The van der Waals surface area contributed by atoms with Crippen LogP contribution in [0.1, 0.15) is 32.4 Å². The number of pyridine rings is 1. The summed E-state index contributed by atoms with van der Waals surface area (Å²) in [5.74, 6) is 0.164. The van der Waals surface area contributed by atoms with Crippen molar-refractivity contribution in [2.24, 2.45) is 0 Å². The molecule has 2 aromatic rings. The van der Waals surface area contributed by atoms with Crippen molar-refractivity contribution in [1.82, 2.24) is 14.9 Å². The standard InChI is InChI=1S/C16H21N3OS/c1-3-5-10-19(4-2)15(20)11-14-12-21-16(18-14)13-6-8-17-9-7-13/h6-9,12H,3-5,10-11H2,1-2H3. The number of thiazole rings is 1. The third kappa shape index (κ3) is 4.36. The molecular weight excluding hydrogens is 282 g/mol. The Morgan fingerprint density at radius 1 is 1.29 bits per heavy atom. The molecule has 0 unspecified atom stereocenters. The predicted octanol–water partition coefficient (Wildman–Crippen LogP) is 3.40. The summed E-state index contributed by atoms with van der Waals surface area (Å²) in [6.07, 6.45) is 6.06. The maximum absolute atomic E-state index is 12.3. The maximum Gasteiger partial charge on any atom is 0.228 e. The Hall–Kier alpha value is -1.75. The Bertz CT molecular complexity index is 568. The van der Waals surface area contributed by atoms with Gasteiger partial charge in [-0.05, 0) is 25.5 Å². The van der Waals surface area contributed by atoms with E-state index in [-0.39, 0.29) is 5.91 Å². The first-order valence-corrected chi connectivity index (χ1v) is 8.25. The van der Waals surface area contributed by atoms with Gasteiger partial charge in [0.15, 0.2) is 0 Å². The van der Waals surface area contributed by atoms with Gasteiger partial charge < -0.3 is 4.90 Å². The first kappa shape index (κ1) is 15.6. The van der Waals surface area contributed by atoms with Crippen molar-refractivity contribution in [3.05, 3.63) is 35.6 Å². The van der Waals surface area contributed by atoms with Gasteiger partial charge in [0.05, 0.1) is 12.1 Å². The number of aromatic nitrogens is 2. The second-order valence-corrected chi connectivity index (χ2v) is 5.74. The number of carbonyl (C=O) groups excluding carboxylic acids is 1. The summed E-state index contributed by atoms with van der Waals surface area (Å²) in [5, 5.41) is 2.92. The summed E-state index contributed by atoms with van der Waals surface area (Å²) in [7, 11) is 0. The molecule has 0 N–H and O–H groups in total. The third-order valence-corrected chi connectivity index (χ3v) is 4.27. The van der Waals surface area contributed by atoms with E-state index in [0.29, 0.717) is 6.42 Å². The highest BCUT2D eigenvalue weighted by atomic mass is 32.1. The Morgan fingerprint density at radius 2 is 2.05 bits per heavy atom. The molecule has 0 aromatic carbocycles. The number of carbonyl (C=O) groups is 1. The van der Waals surface area contributed by atoms with E-state index in [1.165, 1.54) is 0 Å². The van der Waals surface area contributed by atoms with Gasteiger partial charge in [0.25, 0.3) is 0 Å². The lowest BCUT2D eigenvalue weighted by atomic mass is 10.2. The third-order valence-electron chi connectivity index (χ3n) is 3.33. The predicted molar refractivity (Wildman–Crippen MR) is 86.2 cm³/mol. The molecule has 0 atom stereocenters. The number of hydrogen-bond donors (Lipinski definition) is 0. The fourth-order valence-electron chi connectivity index (χ4n) is 2.09. The number of hydrogen-bond acceptors (Lipinski definition) is 4. The van der Waals surface area contributed by atoms with Gasteiger partial charge in [0.2, 0.25) is 5.91 Å². The fraction of sp³-hybridized carbons (Fsp3) is 0.438. The van der Waals surface area contributed by atoms with Crippen LogP contribution in [0.4, 0.5) is 0 Å². The van der Waals surface area contributed by atoms with Crippen LogP contribution in [0.25, 0.3) is 10.6 Å². The van der Waals surface area contributed by atoms with Crippen molar-refractivity contribution in [3.8, 4) is 10.6 Å². The van der Waals surface area contributed by atoms with Gasteiger partial charge >= 0.3 is 0 Å². The summed E-state index contributed by atoms with van der Waals surface area (Å²) in [4.78, 5) is 22.8. The van der Waals surface area contributed by atoms with Crippen LogP contribution in [0.15, 0.2) is 29.9 Å². The number of unbranched alkanes of at least 4 members (excludes halogenated alkanes) is 1.